The second-order valence-corrected chi connectivity index (χ2v) is 4.96. The minimum Gasteiger partial charge on any atom is -0.223 e. The summed E-state index contributed by atoms with van der Waals surface area (Å²) in [6, 6.07) is 6.14. The number of nitrogens with zero attached hydrogens (tertiary/aromatic N) is 2. The highest BCUT2D eigenvalue weighted by Gasteiger charge is 2.37. The van der Waals surface area contributed by atoms with Crippen molar-refractivity contribution in [2.24, 2.45) is 0 Å². The molecular formula is C14H9Cl2F3N2. The molecule has 0 fully saturated rings. The second-order valence-electron chi connectivity index (χ2n) is 4.16. The van der Waals surface area contributed by atoms with Crippen LogP contribution < -0.4 is 0 Å². The standard InChI is InChI=1S/C14H9Cl2F3N2/c1-2-3-10-11(14(17,18)19)20-13(21-12(10)16)8-4-6-9(15)7-5-8/h2,4-7H,1,3H2. The van der Waals surface area contributed by atoms with E-state index >= 15 is 0 Å². The fourth-order valence-electron chi connectivity index (χ4n) is 1.74. The molecule has 1 heterocycles. The van der Waals surface area contributed by atoms with Crippen LogP contribution in [0.3, 0.4) is 0 Å². The first-order valence-corrected chi connectivity index (χ1v) is 6.59. The van der Waals surface area contributed by atoms with Crippen molar-refractivity contribution in [1.29, 1.82) is 0 Å². The van der Waals surface area contributed by atoms with Gasteiger partial charge >= 0.3 is 6.18 Å². The summed E-state index contributed by atoms with van der Waals surface area (Å²) in [5.41, 5.74) is -0.832. The SMILES string of the molecule is C=CCc1c(Cl)nc(-c2ccc(Cl)cc2)nc1C(F)(F)F. The second kappa shape index (κ2) is 6.03. The van der Waals surface area contributed by atoms with Crippen LogP contribution in [0.2, 0.25) is 10.2 Å². The van der Waals surface area contributed by atoms with Gasteiger partial charge in [0.15, 0.2) is 11.5 Å². The summed E-state index contributed by atoms with van der Waals surface area (Å²) in [6.45, 7) is 3.41. The van der Waals surface area contributed by atoms with Crippen LogP contribution in [0.15, 0.2) is 36.9 Å². The molecule has 0 amide bonds. The maximum atomic E-state index is 13.1. The van der Waals surface area contributed by atoms with Crippen LogP contribution in [-0.2, 0) is 12.6 Å². The number of allylic oxidation sites excluding steroid dienone is 1. The third kappa shape index (κ3) is 3.54. The summed E-state index contributed by atoms with van der Waals surface area (Å²) in [6.07, 6.45) is -3.36. The van der Waals surface area contributed by atoms with Crippen molar-refractivity contribution in [2.45, 2.75) is 12.6 Å². The maximum absolute atomic E-state index is 13.1. The van der Waals surface area contributed by atoms with E-state index in [2.05, 4.69) is 16.5 Å². The first kappa shape index (κ1) is 15.8. The molecule has 0 N–H and O–H groups in total. The number of rotatable bonds is 3. The van der Waals surface area contributed by atoms with Gasteiger partial charge in [-0.1, -0.05) is 29.3 Å². The molecule has 1 aromatic heterocycles. The van der Waals surface area contributed by atoms with Crippen molar-refractivity contribution in [1.82, 2.24) is 9.97 Å². The Morgan fingerprint density at radius 3 is 2.24 bits per heavy atom. The van der Waals surface area contributed by atoms with Crippen LogP contribution in [0.5, 0.6) is 0 Å². The summed E-state index contributed by atoms with van der Waals surface area (Å²) < 4.78 is 39.3. The van der Waals surface area contributed by atoms with Crippen molar-refractivity contribution in [3.63, 3.8) is 0 Å². The van der Waals surface area contributed by atoms with Crippen LogP contribution in [0.1, 0.15) is 11.3 Å². The van der Waals surface area contributed by atoms with Gasteiger partial charge in [-0.25, -0.2) is 9.97 Å². The highest BCUT2D eigenvalue weighted by Crippen LogP contribution is 2.35. The van der Waals surface area contributed by atoms with Gasteiger partial charge < -0.3 is 0 Å². The molecule has 110 valence electrons. The number of alkyl halides is 3. The van der Waals surface area contributed by atoms with Gasteiger partial charge in [-0.3, -0.25) is 0 Å². The fourth-order valence-corrected chi connectivity index (χ4v) is 2.12. The zero-order valence-electron chi connectivity index (χ0n) is 10.6. The molecule has 0 aliphatic heterocycles. The average molecular weight is 333 g/mol. The van der Waals surface area contributed by atoms with E-state index in [4.69, 9.17) is 23.2 Å². The van der Waals surface area contributed by atoms with E-state index < -0.39 is 11.9 Å². The van der Waals surface area contributed by atoms with E-state index in [1.807, 2.05) is 0 Å². The molecule has 21 heavy (non-hydrogen) atoms. The Balaban J connectivity index is 2.62. The Labute approximate surface area is 129 Å². The third-order valence-corrected chi connectivity index (χ3v) is 3.24. The minimum atomic E-state index is -4.62. The van der Waals surface area contributed by atoms with E-state index in [-0.39, 0.29) is 23.0 Å². The summed E-state index contributed by atoms with van der Waals surface area (Å²) in [4.78, 5) is 7.54. The summed E-state index contributed by atoms with van der Waals surface area (Å²) in [5.74, 6) is -0.100. The summed E-state index contributed by atoms with van der Waals surface area (Å²) in [5, 5.41) is 0.228. The Hall–Kier alpha value is -1.59. The van der Waals surface area contributed by atoms with Gasteiger partial charge in [0.1, 0.15) is 5.15 Å². The van der Waals surface area contributed by atoms with Crippen LogP contribution >= 0.6 is 23.2 Å². The average Bonchev–Trinajstić information content (AvgIpc) is 2.40. The van der Waals surface area contributed by atoms with E-state index in [0.717, 1.165) is 0 Å². The van der Waals surface area contributed by atoms with E-state index in [9.17, 15) is 13.2 Å². The largest absolute Gasteiger partial charge is 0.433 e. The molecule has 0 bridgehead atoms. The van der Waals surface area contributed by atoms with Crippen LogP contribution in [0.25, 0.3) is 11.4 Å². The molecule has 7 heteroatoms. The summed E-state index contributed by atoms with van der Waals surface area (Å²) >= 11 is 11.6. The van der Waals surface area contributed by atoms with Gasteiger partial charge in [-0.05, 0) is 30.7 Å². The van der Waals surface area contributed by atoms with Crippen molar-refractivity contribution < 1.29 is 13.2 Å². The Kier molecular flexibility index (Phi) is 4.54. The Morgan fingerprint density at radius 1 is 1.10 bits per heavy atom. The first-order valence-electron chi connectivity index (χ1n) is 5.83. The molecule has 2 rings (SSSR count). The van der Waals surface area contributed by atoms with Gasteiger partial charge in [0.2, 0.25) is 0 Å². The molecule has 0 aliphatic carbocycles. The highest BCUT2D eigenvalue weighted by atomic mass is 35.5. The minimum absolute atomic E-state index is 0.0609. The number of aromatic nitrogens is 2. The van der Waals surface area contributed by atoms with Crippen molar-refractivity contribution in [2.75, 3.05) is 0 Å². The van der Waals surface area contributed by atoms with Gasteiger partial charge in [0, 0.05) is 16.1 Å². The lowest BCUT2D eigenvalue weighted by Gasteiger charge is -2.13. The van der Waals surface area contributed by atoms with Gasteiger partial charge in [-0.2, -0.15) is 13.2 Å². The Bertz CT molecular complexity index is 667. The van der Waals surface area contributed by atoms with Crippen molar-refractivity contribution >= 4 is 23.2 Å². The van der Waals surface area contributed by atoms with Crippen molar-refractivity contribution in [3.05, 3.63) is 58.4 Å². The number of halogens is 5. The predicted molar refractivity (Wildman–Crippen MR) is 76.4 cm³/mol. The normalized spacial score (nSPS) is 11.5. The van der Waals surface area contributed by atoms with Gasteiger partial charge in [0.05, 0.1) is 0 Å². The number of benzene rings is 1. The van der Waals surface area contributed by atoms with E-state index in [1.165, 1.54) is 18.2 Å². The molecule has 0 unspecified atom stereocenters. The molecule has 0 saturated carbocycles. The molecule has 0 saturated heterocycles. The van der Waals surface area contributed by atoms with E-state index in [0.29, 0.717) is 10.6 Å². The van der Waals surface area contributed by atoms with Crippen LogP contribution in [-0.4, -0.2) is 9.97 Å². The molecule has 0 radical (unpaired) electrons. The molecule has 2 nitrogen and oxygen atoms in total. The highest BCUT2D eigenvalue weighted by molar-refractivity contribution is 6.30. The monoisotopic (exact) mass is 332 g/mol. The van der Waals surface area contributed by atoms with E-state index in [1.54, 1.807) is 12.1 Å². The maximum Gasteiger partial charge on any atom is 0.433 e. The fraction of sp³-hybridized carbons (Fsp3) is 0.143. The van der Waals surface area contributed by atoms with Crippen molar-refractivity contribution in [3.8, 4) is 11.4 Å². The molecule has 2 aromatic rings. The smallest absolute Gasteiger partial charge is 0.223 e. The predicted octanol–water partition coefficient (Wildman–Crippen LogP) is 5.20. The summed E-state index contributed by atoms with van der Waals surface area (Å²) in [7, 11) is 0. The molecule has 1 aromatic carbocycles. The molecule has 0 atom stereocenters. The lowest BCUT2D eigenvalue weighted by atomic mass is 10.1. The topological polar surface area (TPSA) is 25.8 Å². The molecular weight excluding hydrogens is 324 g/mol. The molecule has 0 aliphatic rings. The molecule has 0 spiro atoms. The zero-order chi connectivity index (χ0) is 15.6. The quantitative estimate of drug-likeness (QED) is 0.570. The number of hydrogen-bond acceptors (Lipinski definition) is 2. The first-order chi connectivity index (χ1) is 9.82. The lowest BCUT2D eigenvalue weighted by Crippen LogP contribution is -2.14. The lowest BCUT2D eigenvalue weighted by molar-refractivity contribution is -0.141. The van der Waals surface area contributed by atoms with Crippen LogP contribution in [0, 0.1) is 0 Å². The zero-order valence-corrected chi connectivity index (χ0v) is 12.1. The third-order valence-electron chi connectivity index (χ3n) is 2.68. The van der Waals surface area contributed by atoms with Gasteiger partial charge in [-0.15, -0.1) is 6.58 Å². The van der Waals surface area contributed by atoms with Crippen LogP contribution in [0.4, 0.5) is 13.2 Å². The number of hydrogen-bond donors (Lipinski definition) is 0. The van der Waals surface area contributed by atoms with Gasteiger partial charge in [0.25, 0.3) is 0 Å². The Morgan fingerprint density at radius 2 is 1.71 bits per heavy atom.